The van der Waals surface area contributed by atoms with Crippen LogP contribution in [-0.4, -0.2) is 24.1 Å². The maximum absolute atomic E-state index is 12.9. The maximum Gasteiger partial charge on any atom is 0.216 e. The molecule has 0 saturated heterocycles. The molecule has 0 aliphatic carbocycles. The largest absolute Gasteiger partial charge is 0.503 e. The molecular formula is C11H14F2N2O2. The van der Waals surface area contributed by atoms with Gasteiger partial charge in [-0.25, -0.2) is 8.78 Å². The Bertz CT molecular complexity index is 387. The van der Waals surface area contributed by atoms with Crippen LogP contribution < -0.4 is 10.6 Å². The van der Waals surface area contributed by atoms with Crippen LogP contribution in [0.1, 0.15) is 12.5 Å². The summed E-state index contributed by atoms with van der Waals surface area (Å²) in [4.78, 5) is 10.5. The smallest absolute Gasteiger partial charge is 0.216 e. The van der Waals surface area contributed by atoms with Crippen LogP contribution in [0, 0.1) is 11.6 Å². The normalized spacial score (nSPS) is 10.3. The van der Waals surface area contributed by atoms with Gasteiger partial charge in [-0.1, -0.05) is 0 Å². The first kappa shape index (κ1) is 13.4. The Balaban J connectivity index is 2.39. The van der Waals surface area contributed by atoms with Gasteiger partial charge in [0.2, 0.25) is 5.91 Å². The summed E-state index contributed by atoms with van der Waals surface area (Å²) < 4.78 is 25.9. The first-order valence-electron chi connectivity index (χ1n) is 5.12. The van der Waals surface area contributed by atoms with E-state index in [1.807, 2.05) is 0 Å². The molecule has 0 aliphatic rings. The monoisotopic (exact) mass is 244 g/mol. The van der Waals surface area contributed by atoms with Gasteiger partial charge in [-0.3, -0.25) is 4.79 Å². The lowest BCUT2D eigenvalue weighted by atomic mass is 10.2. The molecule has 1 rings (SSSR count). The van der Waals surface area contributed by atoms with Gasteiger partial charge in [-0.2, -0.15) is 0 Å². The number of amides is 1. The molecule has 0 bridgehead atoms. The molecule has 0 radical (unpaired) electrons. The zero-order valence-electron chi connectivity index (χ0n) is 9.39. The molecule has 4 nitrogen and oxygen atoms in total. The zero-order valence-corrected chi connectivity index (χ0v) is 9.39. The van der Waals surface area contributed by atoms with Crippen LogP contribution in [0.15, 0.2) is 12.1 Å². The molecule has 1 aromatic carbocycles. The van der Waals surface area contributed by atoms with Gasteiger partial charge in [0.1, 0.15) is 0 Å². The Morgan fingerprint density at radius 1 is 1.29 bits per heavy atom. The van der Waals surface area contributed by atoms with E-state index in [1.54, 1.807) is 0 Å². The van der Waals surface area contributed by atoms with Crippen LogP contribution in [-0.2, 0) is 11.3 Å². The molecule has 0 saturated carbocycles. The Morgan fingerprint density at radius 2 is 1.88 bits per heavy atom. The molecule has 3 N–H and O–H groups in total. The van der Waals surface area contributed by atoms with Gasteiger partial charge in [0.05, 0.1) is 0 Å². The lowest BCUT2D eigenvalue weighted by Crippen LogP contribution is -2.29. The second-order valence-electron chi connectivity index (χ2n) is 3.57. The van der Waals surface area contributed by atoms with E-state index in [-0.39, 0.29) is 12.5 Å². The van der Waals surface area contributed by atoms with Crippen molar-refractivity contribution in [2.75, 3.05) is 13.1 Å². The molecule has 17 heavy (non-hydrogen) atoms. The molecule has 0 aromatic heterocycles. The highest BCUT2D eigenvalue weighted by Crippen LogP contribution is 2.21. The van der Waals surface area contributed by atoms with E-state index in [9.17, 15) is 13.6 Å². The fraction of sp³-hybridized carbons (Fsp3) is 0.364. The van der Waals surface area contributed by atoms with Gasteiger partial charge in [0.15, 0.2) is 17.4 Å². The van der Waals surface area contributed by atoms with E-state index in [0.717, 1.165) is 12.1 Å². The molecular weight excluding hydrogens is 230 g/mol. The SMILES string of the molecule is CC(=O)NCCNCc1cc(F)c(O)c(F)c1. The Morgan fingerprint density at radius 3 is 2.41 bits per heavy atom. The number of nitrogens with one attached hydrogen (secondary N) is 2. The highest BCUT2D eigenvalue weighted by atomic mass is 19.1. The molecule has 6 heteroatoms. The van der Waals surface area contributed by atoms with Crippen molar-refractivity contribution in [2.45, 2.75) is 13.5 Å². The van der Waals surface area contributed by atoms with Crippen molar-refractivity contribution in [3.8, 4) is 5.75 Å². The Labute approximate surface area is 97.6 Å². The summed E-state index contributed by atoms with van der Waals surface area (Å²) in [6, 6.07) is 2.12. The molecule has 0 atom stereocenters. The summed E-state index contributed by atoms with van der Waals surface area (Å²) in [6.45, 7) is 2.60. The van der Waals surface area contributed by atoms with Crippen molar-refractivity contribution in [3.05, 3.63) is 29.3 Å². The third kappa shape index (κ3) is 4.36. The van der Waals surface area contributed by atoms with Gasteiger partial charge in [0, 0.05) is 26.6 Å². The van der Waals surface area contributed by atoms with Crippen LogP contribution in [0.2, 0.25) is 0 Å². The number of hydrogen-bond acceptors (Lipinski definition) is 3. The quantitative estimate of drug-likeness (QED) is 0.674. The average Bonchev–Trinajstić information content (AvgIpc) is 2.25. The number of halogens is 2. The van der Waals surface area contributed by atoms with Gasteiger partial charge >= 0.3 is 0 Å². The summed E-state index contributed by atoms with van der Waals surface area (Å²) in [6.07, 6.45) is 0. The topological polar surface area (TPSA) is 61.4 Å². The van der Waals surface area contributed by atoms with Gasteiger partial charge in [-0.05, 0) is 17.7 Å². The molecule has 1 amide bonds. The van der Waals surface area contributed by atoms with Crippen molar-refractivity contribution in [3.63, 3.8) is 0 Å². The lowest BCUT2D eigenvalue weighted by Gasteiger charge is -2.06. The Kier molecular flexibility index (Phi) is 4.84. The maximum atomic E-state index is 12.9. The third-order valence-corrected chi connectivity index (χ3v) is 2.08. The number of benzene rings is 1. The molecule has 0 unspecified atom stereocenters. The minimum Gasteiger partial charge on any atom is -0.503 e. The van der Waals surface area contributed by atoms with Crippen molar-refractivity contribution >= 4 is 5.91 Å². The minimum absolute atomic E-state index is 0.131. The van der Waals surface area contributed by atoms with Crippen molar-refractivity contribution in [1.82, 2.24) is 10.6 Å². The summed E-state index contributed by atoms with van der Waals surface area (Å²) >= 11 is 0. The molecule has 1 aromatic rings. The van der Waals surface area contributed by atoms with Crippen LogP contribution in [0.25, 0.3) is 0 Å². The number of carbonyl (C=O) groups excluding carboxylic acids is 1. The van der Waals surface area contributed by atoms with Gasteiger partial charge in [0.25, 0.3) is 0 Å². The van der Waals surface area contributed by atoms with Crippen molar-refractivity contribution in [2.24, 2.45) is 0 Å². The summed E-state index contributed by atoms with van der Waals surface area (Å²) in [5.74, 6) is -3.06. The number of rotatable bonds is 5. The van der Waals surface area contributed by atoms with E-state index < -0.39 is 17.4 Å². The second-order valence-corrected chi connectivity index (χ2v) is 3.57. The molecule has 0 heterocycles. The summed E-state index contributed by atoms with van der Waals surface area (Å²) in [5.41, 5.74) is 0.389. The van der Waals surface area contributed by atoms with Crippen molar-refractivity contribution < 1.29 is 18.7 Å². The predicted octanol–water partition coefficient (Wildman–Crippen LogP) is 0.896. The predicted molar refractivity (Wildman–Crippen MR) is 58.4 cm³/mol. The van der Waals surface area contributed by atoms with Crippen molar-refractivity contribution in [1.29, 1.82) is 0 Å². The number of aromatic hydroxyl groups is 1. The number of phenols is 1. The van der Waals surface area contributed by atoms with Gasteiger partial charge in [-0.15, -0.1) is 0 Å². The first-order valence-corrected chi connectivity index (χ1v) is 5.12. The van der Waals surface area contributed by atoms with E-state index in [4.69, 9.17) is 5.11 Å². The van der Waals surface area contributed by atoms with E-state index >= 15 is 0 Å². The fourth-order valence-corrected chi connectivity index (χ4v) is 1.28. The second kappa shape index (κ2) is 6.15. The number of phenolic OH excluding ortho intramolecular Hbond substituents is 1. The lowest BCUT2D eigenvalue weighted by molar-refractivity contribution is -0.118. The summed E-state index contributed by atoms with van der Waals surface area (Å²) in [7, 11) is 0. The standard InChI is InChI=1S/C11H14F2N2O2/c1-7(16)15-3-2-14-6-8-4-9(12)11(17)10(13)5-8/h4-5,14,17H,2-3,6H2,1H3,(H,15,16). The van der Waals surface area contributed by atoms with Gasteiger partial charge < -0.3 is 15.7 Å². The number of carbonyl (C=O) groups is 1. The van der Waals surface area contributed by atoms with Crippen LogP contribution >= 0.6 is 0 Å². The summed E-state index contributed by atoms with van der Waals surface area (Å²) in [5, 5.41) is 14.4. The highest BCUT2D eigenvalue weighted by molar-refractivity contribution is 5.72. The van der Waals surface area contributed by atoms with Crippen LogP contribution in [0.5, 0.6) is 5.75 Å². The first-order chi connectivity index (χ1) is 8.00. The van der Waals surface area contributed by atoms with Crippen LogP contribution in [0.3, 0.4) is 0 Å². The van der Waals surface area contributed by atoms with Crippen LogP contribution in [0.4, 0.5) is 8.78 Å². The number of hydrogen-bond donors (Lipinski definition) is 3. The molecule has 0 spiro atoms. The molecule has 94 valence electrons. The van der Waals surface area contributed by atoms with E-state index in [1.165, 1.54) is 6.92 Å². The Hall–Kier alpha value is -1.69. The van der Waals surface area contributed by atoms with E-state index in [2.05, 4.69) is 10.6 Å². The minimum atomic E-state index is -0.983. The zero-order chi connectivity index (χ0) is 12.8. The molecule has 0 fully saturated rings. The van der Waals surface area contributed by atoms with E-state index in [0.29, 0.717) is 18.7 Å². The average molecular weight is 244 g/mol. The third-order valence-electron chi connectivity index (χ3n) is 2.08. The molecule has 0 aliphatic heterocycles. The fourth-order valence-electron chi connectivity index (χ4n) is 1.28. The highest BCUT2D eigenvalue weighted by Gasteiger charge is 2.08.